The number of pyridine rings is 1. The SMILES string of the molecule is COc1ccc(CCC(=O)N(c2nnc(-c3cccnc3)s2)C(C)C)cc1.Cl. The van der Waals surface area contributed by atoms with Crippen molar-refractivity contribution in [1.82, 2.24) is 15.2 Å². The van der Waals surface area contributed by atoms with E-state index in [9.17, 15) is 4.79 Å². The maximum Gasteiger partial charge on any atom is 0.229 e. The molecule has 0 radical (unpaired) electrons. The van der Waals surface area contributed by atoms with Crippen molar-refractivity contribution < 1.29 is 9.53 Å². The lowest BCUT2D eigenvalue weighted by Crippen LogP contribution is -2.37. The fourth-order valence-electron chi connectivity index (χ4n) is 2.70. The summed E-state index contributed by atoms with van der Waals surface area (Å²) in [5, 5.41) is 9.84. The van der Waals surface area contributed by atoms with Crippen LogP contribution in [0.1, 0.15) is 25.8 Å². The number of amides is 1. The van der Waals surface area contributed by atoms with Gasteiger partial charge in [0.25, 0.3) is 0 Å². The van der Waals surface area contributed by atoms with Crippen molar-refractivity contribution in [2.45, 2.75) is 32.7 Å². The number of aromatic nitrogens is 3. The second-order valence-electron chi connectivity index (χ2n) is 6.34. The fraction of sp³-hybridized carbons (Fsp3) is 0.300. The Balaban J connectivity index is 0.00000280. The number of hydrogen-bond donors (Lipinski definition) is 0. The van der Waals surface area contributed by atoms with Gasteiger partial charge >= 0.3 is 0 Å². The van der Waals surface area contributed by atoms with Gasteiger partial charge in [0, 0.05) is 30.4 Å². The van der Waals surface area contributed by atoms with Crippen molar-refractivity contribution in [2.75, 3.05) is 12.0 Å². The highest BCUT2D eigenvalue weighted by molar-refractivity contribution is 7.18. The van der Waals surface area contributed by atoms with Gasteiger partial charge in [-0.15, -0.1) is 22.6 Å². The van der Waals surface area contributed by atoms with Gasteiger partial charge in [-0.3, -0.25) is 14.7 Å². The summed E-state index contributed by atoms with van der Waals surface area (Å²) in [6.07, 6.45) is 4.54. The minimum atomic E-state index is 0. The van der Waals surface area contributed by atoms with E-state index in [1.807, 2.05) is 50.2 Å². The third-order valence-corrected chi connectivity index (χ3v) is 5.07. The Morgan fingerprint density at radius 3 is 2.54 bits per heavy atom. The Morgan fingerprint density at radius 1 is 1.18 bits per heavy atom. The Kier molecular flexibility index (Phi) is 7.90. The second-order valence-corrected chi connectivity index (χ2v) is 7.29. The summed E-state index contributed by atoms with van der Waals surface area (Å²) in [4.78, 5) is 18.7. The third kappa shape index (κ3) is 5.27. The van der Waals surface area contributed by atoms with E-state index in [4.69, 9.17) is 4.74 Å². The number of anilines is 1. The Morgan fingerprint density at radius 2 is 1.93 bits per heavy atom. The average molecular weight is 419 g/mol. The number of halogens is 1. The molecule has 3 rings (SSSR count). The number of aryl methyl sites for hydroxylation is 1. The fourth-order valence-corrected chi connectivity index (χ4v) is 3.68. The highest BCUT2D eigenvalue weighted by Gasteiger charge is 2.23. The van der Waals surface area contributed by atoms with Gasteiger partial charge < -0.3 is 4.74 Å². The Bertz CT molecular complexity index is 885. The maximum atomic E-state index is 12.9. The third-order valence-electron chi connectivity index (χ3n) is 4.10. The highest BCUT2D eigenvalue weighted by atomic mass is 35.5. The van der Waals surface area contributed by atoms with E-state index in [2.05, 4.69) is 15.2 Å². The van der Waals surface area contributed by atoms with E-state index in [-0.39, 0.29) is 24.4 Å². The molecular formula is C20H23ClN4O2S. The summed E-state index contributed by atoms with van der Waals surface area (Å²) in [5.41, 5.74) is 2.00. The van der Waals surface area contributed by atoms with Crippen molar-refractivity contribution in [3.05, 3.63) is 54.4 Å². The monoisotopic (exact) mass is 418 g/mol. The zero-order chi connectivity index (χ0) is 19.2. The molecule has 0 N–H and O–H groups in total. The van der Waals surface area contributed by atoms with E-state index in [1.165, 1.54) is 11.3 Å². The number of benzene rings is 1. The van der Waals surface area contributed by atoms with Crippen molar-refractivity contribution in [3.63, 3.8) is 0 Å². The molecule has 148 valence electrons. The van der Waals surface area contributed by atoms with Crippen LogP contribution in [0, 0.1) is 0 Å². The van der Waals surface area contributed by atoms with Crippen molar-refractivity contribution in [1.29, 1.82) is 0 Å². The quantitative estimate of drug-likeness (QED) is 0.568. The average Bonchev–Trinajstić information content (AvgIpc) is 3.17. The molecule has 0 fully saturated rings. The summed E-state index contributed by atoms with van der Waals surface area (Å²) in [5.74, 6) is 0.848. The van der Waals surface area contributed by atoms with E-state index in [1.54, 1.807) is 24.4 Å². The largest absolute Gasteiger partial charge is 0.497 e. The number of rotatable bonds is 7. The van der Waals surface area contributed by atoms with Crippen LogP contribution in [0.25, 0.3) is 10.6 Å². The van der Waals surface area contributed by atoms with E-state index >= 15 is 0 Å². The molecule has 3 aromatic rings. The molecule has 2 heterocycles. The molecule has 8 heteroatoms. The number of carbonyl (C=O) groups is 1. The molecule has 0 aliphatic carbocycles. The van der Waals surface area contributed by atoms with Crippen LogP contribution in [-0.4, -0.2) is 34.2 Å². The molecule has 0 atom stereocenters. The summed E-state index contributed by atoms with van der Waals surface area (Å²) in [6.45, 7) is 3.97. The first kappa shape index (κ1) is 21.8. The molecule has 1 amide bonds. The number of nitrogens with zero attached hydrogens (tertiary/aromatic N) is 4. The van der Waals surface area contributed by atoms with Crippen LogP contribution in [-0.2, 0) is 11.2 Å². The minimum Gasteiger partial charge on any atom is -0.497 e. The van der Waals surface area contributed by atoms with Crippen molar-refractivity contribution >= 4 is 34.8 Å². The molecule has 0 saturated carbocycles. The van der Waals surface area contributed by atoms with Crippen LogP contribution in [0.3, 0.4) is 0 Å². The van der Waals surface area contributed by atoms with Crippen LogP contribution in [0.4, 0.5) is 5.13 Å². The Labute approximate surface area is 175 Å². The lowest BCUT2D eigenvalue weighted by Gasteiger charge is -2.23. The molecule has 1 aromatic carbocycles. The number of carbonyl (C=O) groups excluding carboxylic acids is 1. The number of ether oxygens (including phenoxy) is 1. The molecule has 28 heavy (non-hydrogen) atoms. The van der Waals surface area contributed by atoms with Gasteiger partial charge in [0.1, 0.15) is 5.75 Å². The molecule has 2 aromatic heterocycles. The summed E-state index contributed by atoms with van der Waals surface area (Å²) >= 11 is 1.40. The first-order chi connectivity index (χ1) is 13.1. The van der Waals surface area contributed by atoms with Gasteiger partial charge in [-0.2, -0.15) is 0 Å². The first-order valence-electron chi connectivity index (χ1n) is 8.77. The van der Waals surface area contributed by atoms with Gasteiger partial charge in [-0.25, -0.2) is 0 Å². The maximum absolute atomic E-state index is 12.9. The van der Waals surface area contributed by atoms with Crippen molar-refractivity contribution in [3.8, 4) is 16.3 Å². The van der Waals surface area contributed by atoms with Crippen LogP contribution in [0.2, 0.25) is 0 Å². The molecular weight excluding hydrogens is 396 g/mol. The van der Waals surface area contributed by atoms with Gasteiger partial charge in [-0.1, -0.05) is 23.5 Å². The van der Waals surface area contributed by atoms with Gasteiger partial charge in [0.15, 0.2) is 5.01 Å². The smallest absolute Gasteiger partial charge is 0.229 e. The van der Waals surface area contributed by atoms with Gasteiger partial charge in [-0.05, 0) is 50.1 Å². The molecule has 6 nitrogen and oxygen atoms in total. The van der Waals surface area contributed by atoms with E-state index in [0.717, 1.165) is 21.9 Å². The zero-order valence-corrected chi connectivity index (χ0v) is 17.7. The topological polar surface area (TPSA) is 68.2 Å². The summed E-state index contributed by atoms with van der Waals surface area (Å²) in [6, 6.07) is 11.6. The molecule has 0 aliphatic rings. The number of methoxy groups -OCH3 is 1. The second kappa shape index (κ2) is 10.1. The molecule has 0 spiro atoms. The molecule has 0 saturated heterocycles. The van der Waals surface area contributed by atoms with Gasteiger partial charge in [0.05, 0.1) is 7.11 Å². The van der Waals surface area contributed by atoms with Gasteiger partial charge in [0.2, 0.25) is 11.0 Å². The zero-order valence-electron chi connectivity index (χ0n) is 16.0. The van der Waals surface area contributed by atoms with E-state index < -0.39 is 0 Å². The normalized spacial score (nSPS) is 10.4. The summed E-state index contributed by atoms with van der Waals surface area (Å²) in [7, 11) is 1.64. The van der Waals surface area contributed by atoms with E-state index in [0.29, 0.717) is 18.0 Å². The van der Waals surface area contributed by atoms with Crippen LogP contribution >= 0.6 is 23.7 Å². The first-order valence-corrected chi connectivity index (χ1v) is 9.59. The lowest BCUT2D eigenvalue weighted by atomic mass is 10.1. The lowest BCUT2D eigenvalue weighted by molar-refractivity contribution is -0.118. The highest BCUT2D eigenvalue weighted by Crippen LogP contribution is 2.29. The minimum absolute atomic E-state index is 0. The predicted octanol–water partition coefficient (Wildman–Crippen LogP) is 4.40. The van der Waals surface area contributed by atoms with Crippen LogP contribution in [0.15, 0.2) is 48.8 Å². The predicted molar refractivity (Wildman–Crippen MR) is 114 cm³/mol. The van der Waals surface area contributed by atoms with Crippen LogP contribution in [0.5, 0.6) is 5.75 Å². The summed E-state index contributed by atoms with van der Waals surface area (Å²) < 4.78 is 5.17. The van der Waals surface area contributed by atoms with Crippen LogP contribution < -0.4 is 9.64 Å². The molecule has 0 bridgehead atoms. The molecule has 0 unspecified atom stereocenters. The van der Waals surface area contributed by atoms with Crippen molar-refractivity contribution in [2.24, 2.45) is 0 Å². The number of hydrogen-bond acceptors (Lipinski definition) is 6. The standard InChI is InChI=1S/C20H22N4O2S.ClH/c1-14(2)24(18(25)11-8-15-6-9-17(26-3)10-7-15)20-23-22-19(27-20)16-5-4-12-21-13-16;/h4-7,9-10,12-14H,8,11H2,1-3H3;1H. The molecule has 0 aliphatic heterocycles. The Hall–Kier alpha value is -2.51.